The molecule has 19 heavy (non-hydrogen) atoms. The molecule has 0 fully saturated rings. The van der Waals surface area contributed by atoms with Gasteiger partial charge in [0.05, 0.1) is 4.47 Å². The summed E-state index contributed by atoms with van der Waals surface area (Å²) in [6, 6.07) is 5.80. The molecule has 1 nitrogen and oxygen atoms in total. The lowest BCUT2D eigenvalue weighted by atomic mass is 9.77. The summed E-state index contributed by atoms with van der Waals surface area (Å²) in [6.07, 6.45) is 0.960. The molecule has 0 aromatic heterocycles. The molecule has 0 aliphatic carbocycles. The molecule has 1 N–H and O–H groups in total. The van der Waals surface area contributed by atoms with E-state index in [0.717, 1.165) is 13.0 Å². The fourth-order valence-electron chi connectivity index (χ4n) is 2.01. The predicted octanol–water partition coefficient (Wildman–Crippen LogP) is 4.79. The van der Waals surface area contributed by atoms with Crippen molar-refractivity contribution < 1.29 is 4.39 Å². The summed E-state index contributed by atoms with van der Waals surface area (Å²) in [5.74, 6) is 0.323. The summed E-state index contributed by atoms with van der Waals surface area (Å²) < 4.78 is 13.8. The highest BCUT2D eigenvalue weighted by Gasteiger charge is 2.24. The van der Waals surface area contributed by atoms with Crippen LogP contribution in [0.2, 0.25) is 0 Å². The van der Waals surface area contributed by atoms with Crippen LogP contribution >= 0.6 is 15.9 Å². The summed E-state index contributed by atoms with van der Waals surface area (Å²) in [5, 5.41) is 3.51. The van der Waals surface area contributed by atoms with Gasteiger partial charge < -0.3 is 5.32 Å². The monoisotopic (exact) mass is 329 g/mol. The minimum Gasteiger partial charge on any atom is -0.314 e. The third kappa shape index (κ3) is 5.62. The molecule has 1 aromatic rings. The van der Waals surface area contributed by atoms with Crippen LogP contribution in [0.25, 0.3) is 0 Å². The van der Waals surface area contributed by atoms with Gasteiger partial charge in [-0.15, -0.1) is 0 Å². The lowest BCUT2D eigenvalue weighted by Gasteiger charge is -2.32. The molecular formula is C16H25BrFN. The largest absolute Gasteiger partial charge is 0.314 e. The van der Waals surface area contributed by atoms with Crippen LogP contribution in [0.1, 0.15) is 40.2 Å². The van der Waals surface area contributed by atoms with Crippen LogP contribution in [0.5, 0.6) is 0 Å². The molecular weight excluding hydrogens is 305 g/mol. The van der Waals surface area contributed by atoms with E-state index in [0.29, 0.717) is 16.4 Å². The predicted molar refractivity (Wildman–Crippen MR) is 83.9 cm³/mol. The number of halogens is 2. The molecule has 0 aliphatic heterocycles. The van der Waals surface area contributed by atoms with Crippen molar-refractivity contribution in [3.8, 4) is 0 Å². The second-order valence-corrected chi connectivity index (χ2v) is 7.43. The quantitative estimate of drug-likeness (QED) is 0.818. The summed E-state index contributed by atoms with van der Waals surface area (Å²) in [5.41, 5.74) is 1.40. The van der Waals surface area contributed by atoms with Crippen LogP contribution in [0, 0.1) is 17.2 Å². The second-order valence-electron chi connectivity index (χ2n) is 6.58. The maximum Gasteiger partial charge on any atom is 0.137 e. The Balaban J connectivity index is 2.79. The molecule has 0 radical (unpaired) electrons. The summed E-state index contributed by atoms with van der Waals surface area (Å²) in [4.78, 5) is 0. The molecule has 1 atom stereocenters. The zero-order valence-electron chi connectivity index (χ0n) is 12.6. The Hall–Kier alpha value is -0.410. The van der Waals surface area contributed by atoms with E-state index >= 15 is 0 Å². The highest BCUT2D eigenvalue weighted by Crippen LogP contribution is 2.29. The molecule has 1 rings (SSSR count). The average Bonchev–Trinajstić information content (AvgIpc) is 2.27. The van der Waals surface area contributed by atoms with Crippen molar-refractivity contribution in [3.05, 3.63) is 34.1 Å². The van der Waals surface area contributed by atoms with E-state index in [9.17, 15) is 4.39 Å². The Bertz CT molecular complexity index is 410. The molecule has 108 valence electrons. The van der Waals surface area contributed by atoms with Crippen LogP contribution in [0.3, 0.4) is 0 Å². The third-order valence-electron chi connectivity index (χ3n) is 3.46. The first-order valence-electron chi connectivity index (χ1n) is 6.87. The van der Waals surface area contributed by atoms with Crippen molar-refractivity contribution in [3.63, 3.8) is 0 Å². The van der Waals surface area contributed by atoms with Gasteiger partial charge in [-0.3, -0.25) is 0 Å². The maximum absolute atomic E-state index is 13.3. The Kier molecular flexibility index (Phi) is 6.00. The normalized spacial score (nSPS) is 13.9. The van der Waals surface area contributed by atoms with E-state index in [2.05, 4.69) is 55.9 Å². The molecule has 0 aliphatic rings. The average molecular weight is 330 g/mol. The van der Waals surface area contributed by atoms with Crippen molar-refractivity contribution in [1.82, 2.24) is 5.32 Å². The van der Waals surface area contributed by atoms with Crippen molar-refractivity contribution in [2.75, 3.05) is 6.54 Å². The molecule has 0 spiro atoms. The van der Waals surface area contributed by atoms with E-state index in [4.69, 9.17) is 0 Å². The van der Waals surface area contributed by atoms with E-state index in [1.807, 2.05) is 12.1 Å². The molecule has 1 unspecified atom stereocenters. The number of rotatable bonds is 5. The smallest absolute Gasteiger partial charge is 0.137 e. The van der Waals surface area contributed by atoms with Crippen molar-refractivity contribution in [2.24, 2.45) is 11.3 Å². The molecule has 0 heterocycles. The molecule has 3 heteroatoms. The summed E-state index contributed by atoms with van der Waals surface area (Å²) in [7, 11) is 0. The summed E-state index contributed by atoms with van der Waals surface area (Å²) >= 11 is 3.26. The molecule has 0 amide bonds. The third-order valence-corrected chi connectivity index (χ3v) is 4.07. The van der Waals surface area contributed by atoms with Crippen LogP contribution in [0.15, 0.2) is 22.7 Å². The lowest BCUT2D eigenvalue weighted by Crippen LogP contribution is -2.36. The Morgan fingerprint density at radius 3 is 2.37 bits per heavy atom. The minimum absolute atomic E-state index is 0.198. The molecule has 1 aromatic carbocycles. The van der Waals surface area contributed by atoms with Gasteiger partial charge in [0.25, 0.3) is 0 Å². The van der Waals surface area contributed by atoms with Gasteiger partial charge in [-0.05, 0) is 57.9 Å². The SMILES string of the molecule is CC(C)NCC(Cc1ccc(F)c(Br)c1)C(C)(C)C. The standard InChI is InChI=1S/C16H25BrFN/c1-11(2)19-10-13(16(3,4)5)8-12-6-7-15(18)14(17)9-12/h6-7,9,11,13,19H,8,10H2,1-5H3. The van der Waals surface area contributed by atoms with Gasteiger partial charge >= 0.3 is 0 Å². The topological polar surface area (TPSA) is 12.0 Å². The van der Waals surface area contributed by atoms with Gasteiger partial charge in [0.2, 0.25) is 0 Å². The first-order chi connectivity index (χ1) is 8.70. The van der Waals surface area contributed by atoms with Gasteiger partial charge in [-0.1, -0.05) is 40.7 Å². The molecule has 0 saturated carbocycles. The van der Waals surface area contributed by atoms with Crippen molar-refractivity contribution in [1.29, 1.82) is 0 Å². The number of benzene rings is 1. The van der Waals surface area contributed by atoms with Gasteiger partial charge in [0, 0.05) is 6.04 Å². The van der Waals surface area contributed by atoms with Crippen molar-refractivity contribution in [2.45, 2.75) is 47.1 Å². The van der Waals surface area contributed by atoms with Crippen LogP contribution in [-0.2, 0) is 6.42 Å². The Labute approximate surface area is 125 Å². The van der Waals surface area contributed by atoms with Gasteiger partial charge in [0.1, 0.15) is 5.82 Å². The van der Waals surface area contributed by atoms with Gasteiger partial charge in [-0.25, -0.2) is 4.39 Å². The van der Waals surface area contributed by atoms with Gasteiger partial charge in [-0.2, -0.15) is 0 Å². The van der Waals surface area contributed by atoms with Crippen molar-refractivity contribution >= 4 is 15.9 Å². The van der Waals surface area contributed by atoms with Crippen LogP contribution in [0.4, 0.5) is 4.39 Å². The number of hydrogen-bond acceptors (Lipinski definition) is 1. The van der Waals surface area contributed by atoms with E-state index in [1.165, 1.54) is 11.6 Å². The fraction of sp³-hybridized carbons (Fsp3) is 0.625. The van der Waals surface area contributed by atoms with E-state index in [-0.39, 0.29) is 11.2 Å². The number of hydrogen-bond donors (Lipinski definition) is 1. The first kappa shape index (κ1) is 16.6. The Morgan fingerprint density at radius 1 is 1.26 bits per heavy atom. The fourth-order valence-corrected chi connectivity index (χ4v) is 2.44. The zero-order valence-corrected chi connectivity index (χ0v) is 14.1. The first-order valence-corrected chi connectivity index (χ1v) is 7.66. The lowest BCUT2D eigenvalue weighted by molar-refractivity contribution is 0.226. The molecule has 0 saturated heterocycles. The van der Waals surface area contributed by atoms with Gasteiger partial charge in [0.15, 0.2) is 0 Å². The second kappa shape index (κ2) is 6.85. The van der Waals surface area contributed by atoms with Crippen LogP contribution in [-0.4, -0.2) is 12.6 Å². The van der Waals surface area contributed by atoms with Crippen LogP contribution < -0.4 is 5.32 Å². The van der Waals surface area contributed by atoms with E-state index in [1.54, 1.807) is 0 Å². The molecule has 0 bridgehead atoms. The zero-order chi connectivity index (χ0) is 14.6. The maximum atomic E-state index is 13.3. The Morgan fingerprint density at radius 2 is 1.89 bits per heavy atom. The minimum atomic E-state index is -0.198. The van der Waals surface area contributed by atoms with E-state index < -0.39 is 0 Å². The highest BCUT2D eigenvalue weighted by molar-refractivity contribution is 9.10. The number of nitrogens with one attached hydrogen (secondary N) is 1. The summed E-state index contributed by atoms with van der Waals surface area (Å²) in [6.45, 7) is 12.1. The highest BCUT2D eigenvalue weighted by atomic mass is 79.9.